The number of ether oxygens (including phenoxy) is 4. The van der Waals surface area contributed by atoms with Gasteiger partial charge in [-0.2, -0.15) is 0 Å². The number of aromatic hydroxyl groups is 1. The Balaban J connectivity index is 1.76. The van der Waals surface area contributed by atoms with Gasteiger partial charge in [-0.05, 0) is 30.7 Å². The van der Waals surface area contributed by atoms with E-state index in [1.165, 1.54) is 0 Å². The molecule has 2 aromatic rings. The second kappa shape index (κ2) is 4.98. The predicted molar refractivity (Wildman–Crippen MR) is 83.7 cm³/mol. The van der Waals surface area contributed by atoms with E-state index in [9.17, 15) is 5.11 Å². The average molecular weight is 314 g/mol. The van der Waals surface area contributed by atoms with Crippen molar-refractivity contribution >= 4 is 0 Å². The normalized spacial score (nSPS) is 21.0. The van der Waals surface area contributed by atoms with Crippen molar-refractivity contribution in [3.8, 4) is 28.7 Å². The van der Waals surface area contributed by atoms with Crippen molar-refractivity contribution in [1.29, 1.82) is 0 Å². The Bertz CT molecular complexity index is 783. The van der Waals surface area contributed by atoms with Gasteiger partial charge in [-0.3, -0.25) is 0 Å². The second-order valence-corrected chi connectivity index (χ2v) is 5.91. The fourth-order valence-corrected chi connectivity index (χ4v) is 3.28. The highest BCUT2D eigenvalue weighted by atomic mass is 16.7. The van der Waals surface area contributed by atoms with Crippen molar-refractivity contribution in [1.82, 2.24) is 0 Å². The van der Waals surface area contributed by atoms with Crippen LogP contribution in [0.2, 0.25) is 0 Å². The second-order valence-electron chi connectivity index (χ2n) is 5.91. The summed E-state index contributed by atoms with van der Waals surface area (Å²) in [5, 5.41) is 10.1. The predicted octanol–water partition coefficient (Wildman–Crippen LogP) is 3.68. The summed E-state index contributed by atoms with van der Waals surface area (Å²) in [5.41, 5.74) is 2.65. The van der Waals surface area contributed by atoms with Crippen molar-refractivity contribution in [2.75, 3.05) is 13.9 Å². The van der Waals surface area contributed by atoms with Gasteiger partial charge >= 0.3 is 0 Å². The number of methoxy groups -OCH3 is 1. The maximum atomic E-state index is 10.1. The molecule has 5 nitrogen and oxygen atoms in total. The lowest BCUT2D eigenvalue weighted by Crippen LogP contribution is -2.07. The summed E-state index contributed by atoms with van der Waals surface area (Å²) in [4.78, 5) is 0. The molecule has 2 aromatic carbocycles. The zero-order valence-corrected chi connectivity index (χ0v) is 13.3. The van der Waals surface area contributed by atoms with E-state index in [0.29, 0.717) is 17.1 Å². The molecule has 0 saturated carbocycles. The standard InChI is InChI=1S/C18H18O5/c1-9-12-7-13(19)10(2)17(20-3)18(12)23-16(9)11-4-5-14-15(6-11)22-8-21-14/h4-7,9,16,19H,8H2,1-3H3/t9-,16-/m0/s1. The van der Waals surface area contributed by atoms with E-state index in [0.717, 1.165) is 22.6 Å². The Morgan fingerprint density at radius 3 is 2.74 bits per heavy atom. The molecule has 4 rings (SSSR count). The van der Waals surface area contributed by atoms with Crippen molar-refractivity contribution in [2.45, 2.75) is 25.9 Å². The first-order valence-corrected chi connectivity index (χ1v) is 7.56. The third-order valence-electron chi connectivity index (χ3n) is 4.60. The fourth-order valence-electron chi connectivity index (χ4n) is 3.28. The number of phenolic OH excluding ortho intramolecular Hbond substituents is 1. The van der Waals surface area contributed by atoms with Crippen LogP contribution in [-0.2, 0) is 0 Å². The lowest BCUT2D eigenvalue weighted by atomic mass is 9.92. The quantitative estimate of drug-likeness (QED) is 0.916. The van der Waals surface area contributed by atoms with Crippen LogP contribution in [0.5, 0.6) is 28.7 Å². The molecule has 0 aromatic heterocycles. The molecular formula is C18H18O5. The molecule has 0 radical (unpaired) electrons. The zero-order chi connectivity index (χ0) is 16.1. The number of rotatable bonds is 2. The van der Waals surface area contributed by atoms with E-state index >= 15 is 0 Å². The molecule has 1 N–H and O–H groups in total. The number of phenols is 1. The SMILES string of the molecule is COc1c(C)c(O)cc2c1O[C@H](c1ccc3c(c1)OCO3)[C@H]2C. The summed E-state index contributed by atoms with van der Waals surface area (Å²) >= 11 is 0. The minimum Gasteiger partial charge on any atom is -0.508 e. The molecule has 2 heterocycles. The van der Waals surface area contributed by atoms with Crippen LogP contribution in [0, 0.1) is 6.92 Å². The molecule has 0 bridgehead atoms. The summed E-state index contributed by atoms with van der Waals surface area (Å²) in [6, 6.07) is 7.61. The highest BCUT2D eigenvalue weighted by molar-refractivity contribution is 5.61. The van der Waals surface area contributed by atoms with E-state index in [1.54, 1.807) is 13.2 Å². The van der Waals surface area contributed by atoms with Gasteiger partial charge in [0.05, 0.1) is 7.11 Å². The van der Waals surface area contributed by atoms with Gasteiger partial charge in [-0.15, -0.1) is 0 Å². The van der Waals surface area contributed by atoms with E-state index in [-0.39, 0.29) is 24.6 Å². The van der Waals surface area contributed by atoms with Crippen LogP contribution in [0.3, 0.4) is 0 Å². The summed E-state index contributed by atoms with van der Waals surface area (Å²) in [5.74, 6) is 3.10. The molecule has 23 heavy (non-hydrogen) atoms. The lowest BCUT2D eigenvalue weighted by Gasteiger charge is -2.16. The molecule has 0 spiro atoms. The van der Waals surface area contributed by atoms with Gasteiger partial charge in [0, 0.05) is 17.0 Å². The number of fused-ring (bicyclic) bond motifs is 2. The molecule has 120 valence electrons. The van der Waals surface area contributed by atoms with Crippen LogP contribution < -0.4 is 18.9 Å². The Morgan fingerprint density at radius 2 is 1.96 bits per heavy atom. The zero-order valence-electron chi connectivity index (χ0n) is 13.3. The molecule has 2 aliphatic rings. The highest BCUT2D eigenvalue weighted by Gasteiger charge is 2.36. The van der Waals surface area contributed by atoms with Crippen molar-refractivity contribution in [3.05, 3.63) is 41.0 Å². The van der Waals surface area contributed by atoms with Gasteiger partial charge in [0.25, 0.3) is 0 Å². The summed E-state index contributed by atoms with van der Waals surface area (Å²) in [7, 11) is 1.59. The third kappa shape index (κ3) is 2.00. The van der Waals surface area contributed by atoms with Gasteiger partial charge in [0.2, 0.25) is 6.79 Å². The maximum absolute atomic E-state index is 10.1. The van der Waals surface area contributed by atoms with Crippen LogP contribution in [-0.4, -0.2) is 19.0 Å². The molecule has 2 atom stereocenters. The minimum absolute atomic E-state index is 0.0887. The Morgan fingerprint density at radius 1 is 1.17 bits per heavy atom. The Kier molecular flexibility index (Phi) is 3.04. The van der Waals surface area contributed by atoms with E-state index in [2.05, 4.69) is 6.92 Å². The van der Waals surface area contributed by atoms with Crippen LogP contribution in [0.25, 0.3) is 0 Å². The number of benzene rings is 2. The van der Waals surface area contributed by atoms with E-state index in [1.807, 2.05) is 25.1 Å². The smallest absolute Gasteiger partial charge is 0.231 e. The molecule has 0 aliphatic carbocycles. The molecular weight excluding hydrogens is 296 g/mol. The van der Waals surface area contributed by atoms with Crippen molar-refractivity contribution in [2.24, 2.45) is 0 Å². The summed E-state index contributed by atoms with van der Waals surface area (Å²) < 4.78 is 22.4. The Hall–Kier alpha value is -2.56. The molecule has 0 amide bonds. The molecule has 0 unspecified atom stereocenters. The lowest BCUT2D eigenvalue weighted by molar-refractivity contribution is 0.173. The minimum atomic E-state index is -0.158. The van der Waals surface area contributed by atoms with Crippen molar-refractivity contribution < 1.29 is 24.1 Å². The molecule has 0 saturated heterocycles. The number of hydrogen-bond acceptors (Lipinski definition) is 5. The summed E-state index contributed by atoms with van der Waals surface area (Å²) in [6.45, 7) is 4.15. The fraction of sp³-hybridized carbons (Fsp3) is 0.333. The van der Waals surface area contributed by atoms with Crippen molar-refractivity contribution in [3.63, 3.8) is 0 Å². The van der Waals surface area contributed by atoms with Crippen LogP contribution in [0.15, 0.2) is 24.3 Å². The third-order valence-corrected chi connectivity index (χ3v) is 4.60. The topological polar surface area (TPSA) is 57.2 Å². The maximum Gasteiger partial charge on any atom is 0.231 e. The van der Waals surface area contributed by atoms with Gasteiger partial charge in [-0.1, -0.05) is 13.0 Å². The summed E-state index contributed by atoms with van der Waals surface area (Å²) in [6.07, 6.45) is -0.158. The van der Waals surface area contributed by atoms with Gasteiger partial charge < -0.3 is 24.1 Å². The average Bonchev–Trinajstić information content (AvgIpc) is 3.13. The first-order chi connectivity index (χ1) is 11.1. The molecule has 2 aliphatic heterocycles. The van der Waals surface area contributed by atoms with Crippen LogP contribution >= 0.6 is 0 Å². The van der Waals surface area contributed by atoms with Crippen LogP contribution in [0.1, 0.15) is 35.6 Å². The molecule has 0 fully saturated rings. The van der Waals surface area contributed by atoms with E-state index < -0.39 is 0 Å². The highest BCUT2D eigenvalue weighted by Crippen LogP contribution is 2.53. The van der Waals surface area contributed by atoms with Gasteiger partial charge in [0.1, 0.15) is 11.9 Å². The van der Waals surface area contributed by atoms with Gasteiger partial charge in [0.15, 0.2) is 23.0 Å². The first-order valence-electron chi connectivity index (χ1n) is 7.56. The first kappa shape index (κ1) is 14.1. The largest absolute Gasteiger partial charge is 0.508 e. The monoisotopic (exact) mass is 314 g/mol. The Labute approximate surface area is 134 Å². The number of hydrogen-bond donors (Lipinski definition) is 1. The van der Waals surface area contributed by atoms with Crippen LogP contribution in [0.4, 0.5) is 0 Å². The molecule has 5 heteroatoms. The van der Waals surface area contributed by atoms with E-state index in [4.69, 9.17) is 18.9 Å². The van der Waals surface area contributed by atoms with Gasteiger partial charge in [-0.25, -0.2) is 0 Å².